The molecule has 5 heteroatoms. The summed E-state index contributed by atoms with van der Waals surface area (Å²) in [5.74, 6) is -0.919. The molecule has 0 spiro atoms. The summed E-state index contributed by atoms with van der Waals surface area (Å²) >= 11 is -2.07. The van der Waals surface area contributed by atoms with Crippen molar-refractivity contribution < 1.29 is 15.7 Å². The van der Waals surface area contributed by atoms with Crippen molar-refractivity contribution in [2.24, 2.45) is 0 Å². The molecule has 0 atom stereocenters. The molecule has 4 nitrogen and oxygen atoms in total. The number of hydrogen-bond acceptors (Lipinski definition) is 4. The van der Waals surface area contributed by atoms with E-state index < -0.39 is 33.9 Å². The van der Waals surface area contributed by atoms with Crippen LogP contribution in [0.5, 0.6) is 0 Å². The predicted molar refractivity (Wildman–Crippen MR) is 104 cm³/mol. The summed E-state index contributed by atoms with van der Waals surface area (Å²) in [4.78, 5) is 24.4. The van der Waals surface area contributed by atoms with Crippen molar-refractivity contribution in [1.82, 2.24) is 0 Å². The van der Waals surface area contributed by atoms with E-state index in [0.29, 0.717) is 11.1 Å². The molecule has 0 heterocycles. The summed E-state index contributed by atoms with van der Waals surface area (Å²) in [5.41, 5.74) is 0.910. The number of rotatable bonds is 4. The molecule has 0 saturated heterocycles. The Morgan fingerprint density at radius 1 is 0.556 bits per heavy atom. The van der Waals surface area contributed by atoms with Gasteiger partial charge in [-0.05, 0) is 0 Å². The van der Waals surface area contributed by atoms with Gasteiger partial charge in [-0.3, -0.25) is 0 Å². The van der Waals surface area contributed by atoms with Gasteiger partial charge in [0.15, 0.2) is 0 Å². The normalized spacial score (nSPS) is 10.7. The summed E-state index contributed by atoms with van der Waals surface area (Å²) in [6.07, 6.45) is 0. The first-order valence-corrected chi connectivity index (χ1v) is 10.7. The first-order chi connectivity index (χ1) is 13.2. The third kappa shape index (κ3) is 3.95. The summed E-state index contributed by atoms with van der Waals surface area (Å²) in [6.45, 7) is 0. The molecular formula is C22H14O4Sn. The fourth-order valence-corrected chi connectivity index (χ4v) is 4.07. The Morgan fingerprint density at radius 2 is 0.963 bits per heavy atom. The second-order valence-electron chi connectivity index (χ2n) is 5.99. The molecule has 130 valence electrons. The molecule has 0 N–H and O–H groups in total. The van der Waals surface area contributed by atoms with Crippen LogP contribution in [0.1, 0.15) is 20.7 Å². The van der Waals surface area contributed by atoms with Gasteiger partial charge in [-0.15, -0.1) is 0 Å². The van der Waals surface area contributed by atoms with Gasteiger partial charge in [0.1, 0.15) is 0 Å². The van der Waals surface area contributed by atoms with Crippen molar-refractivity contribution in [3.05, 3.63) is 96.1 Å². The second-order valence-corrected chi connectivity index (χ2v) is 7.63. The van der Waals surface area contributed by atoms with Gasteiger partial charge >= 0.3 is 167 Å². The van der Waals surface area contributed by atoms with Crippen LogP contribution in [0.3, 0.4) is 0 Å². The molecule has 0 unspecified atom stereocenters. The monoisotopic (exact) mass is 462 g/mol. The van der Waals surface area contributed by atoms with E-state index in [0.717, 1.165) is 21.5 Å². The van der Waals surface area contributed by atoms with Gasteiger partial charge in [0, 0.05) is 0 Å². The molecule has 0 bridgehead atoms. The second kappa shape index (κ2) is 7.80. The molecule has 4 aromatic rings. The molecule has 0 saturated carbocycles. The zero-order valence-electron chi connectivity index (χ0n) is 14.2. The molecule has 27 heavy (non-hydrogen) atoms. The van der Waals surface area contributed by atoms with E-state index in [9.17, 15) is 9.59 Å². The van der Waals surface area contributed by atoms with Gasteiger partial charge < -0.3 is 0 Å². The van der Waals surface area contributed by atoms with Gasteiger partial charge in [0.25, 0.3) is 0 Å². The van der Waals surface area contributed by atoms with Gasteiger partial charge in [-0.1, -0.05) is 0 Å². The van der Waals surface area contributed by atoms with E-state index in [1.807, 2.05) is 60.7 Å². The fourth-order valence-electron chi connectivity index (χ4n) is 2.85. The van der Waals surface area contributed by atoms with Gasteiger partial charge in [0.2, 0.25) is 0 Å². The Labute approximate surface area is 167 Å². The van der Waals surface area contributed by atoms with Crippen molar-refractivity contribution in [1.29, 1.82) is 0 Å². The van der Waals surface area contributed by atoms with Crippen LogP contribution >= 0.6 is 0 Å². The number of carbonyl (C=O) groups excluding carboxylic acids is 2. The van der Waals surface area contributed by atoms with Crippen molar-refractivity contribution in [3.8, 4) is 0 Å². The van der Waals surface area contributed by atoms with Crippen LogP contribution in [0.4, 0.5) is 0 Å². The van der Waals surface area contributed by atoms with Crippen LogP contribution in [0.25, 0.3) is 21.5 Å². The minimum absolute atomic E-state index is 0.455. The fraction of sp³-hybridized carbons (Fsp3) is 0. The molecule has 0 aliphatic rings. The molecule has 0 aliphatic carbocycles. The SMILES string of the molecule is O=C([O][Sn][O]C(=O)c1ccc2ccccc2c1)c1ccc2ccccc2c1. The van der Waals surface area contributed by atoms with Crippen LogP contribution in [0.15, 0.2) is 84.9 Å². The van der Waals surface area contributed by atoms with E-state index in [2.05, 4.69) is 0 Å². The molecule has 0 fully saturated rings. The van der Waals surface area contributed by atoms with E-state index in [4.69, 9.17) is 6.15 Å². The number of fused-ring (bicyclic) bond motifs is 2. The molecule has 0 amide bonds. The number of carbonyl (C=O) groups is 2. The van der Waals surface area contributed by atoms with Crippen LogP contribution in [0.2, 0.25) is 0 Å². The van der Waals surface area contributed by atoms with Gasteiger partial charge in [-0.2, -0.15) is 0 Å². The van der Waals surface area contributed by atoms with Gasteiger partial charge in [-0.25, -0.2) is 0 Å². The molecule has 4 aromatic carbocycles. The topological polar surface area (TPSA) is 52.6 Å². The number of benzene rings is 4. The van der Waals surface area contributed by atoms with E-state index in [-0.39, 0.29) is 0 Å². The van der Waals surface area contributed by atoms with Crippen LogP contribution in [0, 0.1) is 0 Å². The molecular weight excluding hydrogens is 447 g/mol. The quantitative estimate of drug-likeness (QED) is 0.419. The predicted octanol–water partition coefficient (Wildman–Crippen LogP) is 4.54. The maximum absolute atomic E-state index is 12.2. The summed E-state index contributed by atoms with van der Waals surface area (Å²) < 4.78 is 10.5. The Morgan fingerprint density at radius 3 is 1.41 bits per heavy atom. The van der Waals surface area contributed by atoms with Gasteiger partial charge in [0.05, 0.1) is 0 Å². The van der Waals surface area contributed by atoms with Crippen molar-refractivity contribution in [2.45, 2.75) is 0 Å². The third-order valence-corrected chi connectivity index (χ3v) is 5.77. The van der Waals surface area contributed by atoms with Crippen LogP contribution in [-0.4, -0.2) is 33.9 Å². The average Bonchev–Trinajstić information content (AvgIpc) is 2.72. The Balaban J connectivity index is 1.39. The zero-order chi connectivity index (χ0) is 18.6. The summed E-state index contributed by atoms with van der Waals surface area (Å²) in [5, 5.41) is 4.03. The van der Waals surface area contributed by atoms with Crippen molar-refractivity contribution >= 4 is 55.5 Å². The molecule has 2 radical (unpaired) electrons. The number of hydrogen-bond donors (Lipinski definition) is 0. The molecule has 0 aromatic heterocycles. The van der Waals surface area contributed by atoms with E-state index in [1.165, 1.54) is 0 Å². The first-order valence-electron chi connectivity index (χ1n) is 8.36. The zero-order valence-corrected chi connectivity index (χ0v) is 17.1. The summed E-state index contributed by atoms with van der Waals surface area (Å²) in [7, 11) is 0. The first kappa shape index (κ1) is 17.5. The van der Waals surface area contributed by atoms with Crippen LogP contribution < -0.4 is 0 Å². The molecule has 0 aliphatic heterocycles. The summed E-state index contributed by atoms with van der Waals surface area (Å²) in [6, 6.07) is 26.3. The Bertz CT molecular complexity index is 1060. The van der Waals surface area contributed by atoms with Crippen LogP contribution in [-0.2, 0) is 6.15 Å². The van der Waals surface area contributed by atoms with Crippen molar-refractivity contribution in [3.63, 3.8) is 0 Å². The van der Waals surface area contributed by atoms with E-state index in [1.54, 1.807) is 24.3 Å². The third-order valence-electron chi connectivity index (χ3n) is 4.24. The maximum atomic E-state index is 12.2. The average molecular weight is 461 g/mol. The minimum atomic E-state index is -2.07. The van der Waals surface area contributed by atoms with Crippen molar-refractivity contribution in [2.75, 3.05) is 0 Å². The Kier molecular flexibility index (Phi) is 5.07. The van der Waals surface area contributed by atoms with E-state index >= 15 is 0 Å². The standard InChI is InChI=1S/2C11H8O2.Sn/c2*12-11(13)10-6-5-8-3-1-2-4-9(8)7-10;/h2*1-7H,(H,12,13);/q;;+2/p-2. The Hall–Kier alpha value is -2.86. The molecule has 4 rings (SSSR count).